The zero-order valence-electron chi connectivity index (χ0n) is 15.9. The summed E-state index contributed by atoms with van der Waals surface area (Å²) in [5.74, 6) is 1.95. The highest BCUT2D eigenvalue weighted by atomic mass is 31.1. The van der Waals surface area contributed by atoms with Gasteiger partial charge in [-0.2, -0.15) is 0 Å². The summed E-state index contributed by atoms with van der Waals surface area (Å²) < 4.78 is 12.3. The van der Waals surface area contributed by atoms with Crippen molar-refractivity contribution in [1.29, 1.82) is 0 Å². The van der Waals surface area contributed by atoms with Crippen molar-refractivity contribution in [3.8, 4) is 11.5 Å². The van der Waals surface area contributed by atoms with E-state index in [-0.39, 0.29) is 12.2 Å². The molecule has 2 aromatic carbocycles. The smallest absolute Gasteiger partial charge is 0.127 e. The van der Waals surface area contributed by atoms with E-state index in [1.807, 2.05) is 12.1 Å². The van der Waals surface area contributed by atoms with Gasteiger partial charge in [0.2, 0.25) is 0 Å². The summed E-state index contributed by atoms with van der Waals surface area (Å²) >= 11 is 0. The van der Waals surface area contributed by atoms with E-state index in [1.54, 1.807) is 0 Å². The van der Waals surface area contributed by atoms with Gasteiger partial charge in [0.05, 0.1) is 12.2 Å². The molecule has 0 saturated heterocycles. The molecule has 0 aliphatic heterocycles. The van der Waals surface area contributed by atoms with Gasteiger partial charge in [-0.05, 0) is 47.7 Å². The molecule has 0 fully saturated rings. The summed E-state index contributed by atoms with van der Waals surface area (Å²) in [4.78, 5) is 0. The Bertz CT molecular complexity index is 727. The zero-order valence-corrected chi connectivity index (χ0v) is 16.8. The topological polar surface area (TPSA) is 18.5 Å². The van der Waals surface area contributed by atoms with Crippen LogP contribution in [0.1, 0.15) is 27.7 Å². The largest absolute Gasteiger partial charge is 0.490 e. The minimum absolute atomic E-state index is 0.143. The van der Waals surface area contributed by atoms with Crippen molar-refractivity contribution in [2.45, 2.75) is 45.6 Å². The van der Waals surface area contributed by atoms with Gasteiger partial charge in [0.25, 0.3) is 0 Å². The van der Waals surface area contributed by atoms with Crippen LogP contribution in [0.5, 0.6) is 11.5 Å². The third-order valence-corrected chi connectivity index (χ3v) is 6.72. The molecule has 0 unspecified atom stereocenters. The van der Waals surface area contributed by atoms with Crippen LogP contribution in [0.3, 0.4) is 0 Å². The van der Waals surface area contributed by atoms with Crippen molar-refractivity contribution in [1.82, 2.24) is 0 Å². The van der Waals surface area contributed by atoms with E-state index in [9.17, 15) is 0 Å². The maximum atomic E-state index is 6.16. The van der Waals surface area contributed by atoms with E-state index in [0.29, 0.717) is 5.66 Å². The molecule has 1 aliphatic carbocycles. The predicted octanol–water partition coefficient (Wildman–Crippen LogP) is 5.19. The third-order valence-electron chi connectivity index (χ3n) is 4.00. The van der Waals surface area contributed by atoms with E-state index >= 15 is 0 Å². The van der Waals surface area contributed by atoms with Crippen LogP contribution in [0.15, 0.2) is 72.8 Å². The molecule has 0 amide bonds. The number of benzene rings is 2. The first-order valence-corrected chi connectivity index (χ1v) is 10.6. The Morgan fingerprint density at radius 2 is 1.12 bits per heavy atom. The fourth-order valence-corrected chi connectivity index (χ4v) is 5.73. The molecule has 1 aliphatic rings. The minimum atomic E-state index is -0.678. The molecular weight excluding hydrogens is 339 g/mol. The third kappa shape index (κ3) is 4.37. The first kappa shape index (κ1) is 18.7. The maximum absolute atomic E-state index is 6.16. The second-order valence-corrected chi connectivity index (χ2v) is 9.20. The fourth-order valence-electron chi connectivity index (χ4n) is 3.06. The number of hydrogen-bond donors (Lipinski definition) is 0. The number of rotatable bonds is 7. The molecule has 0 radical (unpaired) electrons. The SMILES string of the molecule is CC(C)Oc1ccccc1P(c1ccccc1OC(C)C)C1C=CC=C1. The molecule has 3 rings (SSSR count). The summed E-state index contributed by atoms with van der Waals surface area (Å²) in [6, 6.07) is 16.9. The highest BCUT2D eigenvalue weighted by molar-refractivity contribution is 7.74. The maximum Gasteiger partial charge on any atom is 0.127 e. The van der Waals surface area contributed by atoms with Crippen LogP contribution in [0.4, 0.5) is 0 Å². The second kappa shape index (κ2) is 8.56. The Hall–Kier alpha value is -2.05. The number of para-hydroxylation sites is 2. The van der Waals surface area contributed by atoms with Crippen molar-refractivity contribution < 1.29 is 9.47 Å². The van der Waals surface area contributed by atoms with Crippen LogP contribution in [0.25, 0.3) is 0 Å². The minimum Gasteiger partial charge on any atom is -0.490 e. The van der Waals surface area contributed by atoms with Crippen LogP contribution in [-0.4, -0.2) is 17.9 Å². The molecule has 136 valence electrons. The van der Waals surface area contributed by atoms with Gasteiger partial charge in [0, 0.05) is 16.3 Å². The Balaban J connectivity index is 2.12. The molecule has 0 spiro atoms. The molecule has 0 saturated carbocycles. The van der Waals surface area contributed by atoms with Gasteiger partial charge in [0.15, 0.2) is 0 Å². The van der Waals surface area contributed by atoms with Crippen LogP contribution < -0.4 is 20.1 Å². The Morgan fingerprint density at radius 3 is 1.54 bits per heavy atom. The highest BCUT2D eigenvalue weighted by Gasteiger charge is 2.28. The van der Waals surface area contributed by atoms with Gasteiger partial charge in [-0.1, -0.05) is 60.7 Å². The van der Waals surface area contributed by atoms with Crippen molar-refractivity contribution in [3.05, 3.63) is 72.8 Å². The molecule has 0 heterocycles. The second-order valence-electron chi connectivity index (χ2n) is 6.90. The molecule has 2 aromatic rings. The molecule has 0 bridgehead atoms. The van der Waals surface area contributed by atoms with E-state index in [1.165, 1.54) is 10.6 Å². The summed E-state index contributed by atoms with van der Waals surface area (Å²) in [6.07, 6.45) is 9.12. The lowest BCUT2D eigenvalue weighted by atomic mass is 10.3. The molecule has 0 atom stereocenters. The Morgan fingerprint density at radius 1 is 0.692 bits per heavy atom. The van der Waals surface area contributed by atoms with E-state index in [4.69, 9.17) is 9.47 Å². The first-order chi connectivity index (χ1) is 12.6. The molecule has 26 heavy (non-hydrogen) atoms. The van der Waals surface area contributed by atoms with Crippen LogP contribution >= 0.6 is 7.92 Å². The lowest BCUT2D eigenvalue weighted by Gasteiger charge is -2.28. The van der Waals surface area contributed by atoms with E-state index in [2.05, 4.69) is 88.4 Å². The molecule has 3 heteroatoms. The summed E-state index contributed by atoms with van der Waals surface area (Å²) in [7, 11) is -0.678. The van der Waals surface area contributed by atoms with E-state index in [0.717, 1.165) is 11.5 Å². The Kier molecular flexibility index (Phi) is 6.16. The summed E-state index contributed by atoms with van der Waals surface area (Å²) in [6.45, 7) is 8.29. The predicted molar refractivity (Wildman–Crippen MR) is 113 cm³/mol. The summed E-state index contributed by atoms with van der Waals surface area (Å²) in [5, 5.41) is 2.52. The fraction of sp³-hybridized carbons (Fsp3) is 0.304. The first-order valence-electron chi connectivity index (χ1n) is 9.22. The van der Waals surface area contributed by atoms with Gasteiger partial charge in [-0.25, -0.2) is 0 Å². The average molecular weight is 366 g/mol. The van der Waals surface area contributed by atoms with Crippen LogP contribution in [-0.2, 0) is 0 Å². The van der Waals surface area contributed by atoms with Crippen molar-refractivity contribution in [3.63, 3.8) is 0 Å². The van der Waals surface area contributed by atoms with Crippen molar-refractivity contribution in [2.24, 2.45) is 0 Å². The van der Waals surface area contributed by atoms with Crippen LogP contribution in [0, 0.1) is 0 Å². The van der Waals surface area contributed by atoms with Gasteiger partial charge in [-0.3, -0.25) is 0 Å². The highest BCUT2D eigenvalue weighted by Crippen LogP contribution is 2.47. The van der Waals surface area contributed by atoms with Gasteiger partial charge >= 0.3 is 0 Å². The van der Waals surface area contributed by atoms with Crippen molar-refractivity contribution in [2.75, 3.05) is 0 Å². The monoisotopic (exact) mass is 366 g/mol. The Labute approximate surface area is 158 Å². The lowest BCUT2D eigenvalue weighted by Crippen LogP contribution is -2.24. The quantitative estimate of drug-likeness (QED) is 0.628. The molecule has 0 N–H and O–H groups in total. The zero-order chi connectivity index (χ0) is 18.5. The van der Waals surface area contributed by atoms with E-state index < -0.39 is 7.92 Å². The normalized spacial score (nSPS) is 14.0. The number of ether oxygens (including phenoxy) is 2. The lowest BCUT2D eigenvalue weighted by molar-refractivity contribution is 0.244. The van der Waals surface area contributed by atoms with Gasteiger partial charge in [-0.15, -0.1) is 0 Å². The van der Waals surface area contributed by atoms with Gasteiger partial charge in [0.1, 0.15) is 11.5 Å². The molecule has 0 aromatic heterocycles. The van der Waals surface area contributed by atoms with Crippen molar-refractivity contribution >= 4 is 18.5 Å². The van der Waals surface area contributed by atoms with Crippen LogP contribution in [0.2, 0.25) is 0 Å². The molecular formula is C23H27O2P. The average Bonchev–Trinajstić information content (AvgIpc) is 3.11. The standard InChI is InChI=1S/C23H27O2P/c1-17(2)24-20-13-7-9-15-22(20)26(19-11-5-6-12-19)23-16-10-8-14-21(23)25-18(3)4/h5-19H,1-4H3. The number of allylic oxidation sites excluding steroid dienone is 4. The number of hydrogen-bond acceptors (Lipinski definition) is 2. The summed E-state index contributed by atoms with van der Waals surface area (Å²) in [5.41, 5.74) is 0.346. The molecule has 2 nitrogen and oxygen atoms in total. The van der Waals surface area contributed by atoms with Gasteiger partial charge < -0.3 is 9.47 Å².